The largest absolute Gasteiger partial charge is 0.444 e. The normalized spacial score (nSPS) is 11.9. The minimum absolute atomic E-state index is 0.0123. The number of carbonyl (C=O) groups excluding carboxylic acids is 2. The minimum Gasteiger partial charge on any atom is -0.444 e. The van der Waals surface area contributed by atoms with Gasteiger partial charge in [-0.05, 0) is 49.6 Å². The van der Waals surface area contributed by atoms with Crippen molar-refractivity contribution in [1.82, 2.24) is 5.32 Å². The number of nitrogens with zero attached hydrogens (tertiary/aromatic N) is 1. The summed E-state index contributed by atoms with van der Waals surface area (Å²) in [5.74, 6) is -1.08. The average Bonchev–Trinajstić information content (AvgIpc) is 2.79. The molecule has 0 bridgehead atoms. The maximum atomic E-state index is 13.1. The van der Waals surface area contributed by atoms with Crippen LogP contribution in [-0.4, -0.2) is 29.1 Å². The molecule has 0 saturated heterocycles. The van der Waals surface area contributed by atoms with E-state index in [-0.39, 0.29) is 18.1 Å². The van der Waals surface area contributed by atoms with Crippen molar-refractivity contribution in [2.45, 2.75) is 32.3 Å². The van der Waals surface area contributed by atoms with E-state index in [1.165, 1.54) is 24.3 Å². The summed E-state index contributed by atoms with van der Waals surface area (Å²) in [6.45, 7) is 5.29. The third kappa shape index (κ3) is 6.90. The number of nitro benzene ring substituents is 1. The first kappa shape index (κ1) is 24.4. The third-order valence-electron chi connectivity index (χ3n) is 4.93. The lowest BCUT2D eigenvalue weighted by molar-refractivity contribution is -0.384. The standard InChI is InChI=1S/C26H27N3O5/c1-26(2,3)34-25(31)27-17-23(24(30)28-21-13-15-22(16-14-21)29(32)33)20-11-9-19(10-12-20)18-7-5-4-6-8-18/h4-16,23H,17H2,1-3H3,(H,27,31)(H,28,30). The predicted molar refractivity (Wildman–Crippen MR) is 131 cm³/mol. The van der Waals surface area contributed by atoms with Gasteiger partial charge >= 0.3 is 6.09 Å². The number of benzene rings is 3. The van der Waals surface area contributed by atoms with Crippen LogP contribution in [0.1, 0.15) is 32.3 Å². The molecule has 0 radical (unpaired) electrons. The number of carbonyl (C=O) groups is 2. The van der Waals surface area contributed by atoms with Gasteiger partial charge in [0.15, 0.2) is 0 Å². The second-order valence-electron chi connectivity index (χ2n) is 8.72. The Bertz CT molecular complexity index is 1140. The zero-order chi connectivity index (χ0) is 24.7. The lowest BCUT2D eigenvalue weighted by atomic mass is 9.95. The summed E-state index contributed by atoms with van der Waals surface area (Å²) in [4.78, 5) is 35.7. The van der Waals surface area contributed by atoms with Gasteiger partial charge in [0, 0.05) is 24.4 Å². The highest BCUT2D eigenvalue weighted by atomic mass is 16.6. The van der Waals surface area contributed by atoms with E-state index in [1.807, 2.05) is 54.6 Å². The number of alkyl carbamates (subject to hydrolysis) is 1. The van der Waals surface area contributed by atoms with Gasteiger partial charge < -0.3 is 15.4 Å². The molecule has 3 aromatic carbocycles. The van der Waals surface area contributed by atoms with Gasteiger partial charge in [-0.3, -0.25) is 14.9 Å². The molecule has 3 aromatic rings. The first-order valence-corrected chi connectivity index (χ1v) is 10.8. The molecule has 0 aliphatic rings. The quantitative estimate of drug-likeness (QED) is 0.356. The van der Waals surface area contributed by atoms with Crippen LogP contribution in [0.15, 0.2) is 78.9 Å². The lowest BCUT2D eigenvalue weighted by Gasteiger charge is -2.22. The fourth-order valence-corrected chi connectivity index (χ4v) is 3.30. The SMILES string of the molecule is CC(C)(C)OC(=O)NCC(C(=O)Nc1ccc([N+](=O)[O-])cc1)c1ccc(-c2ccccc2)cc1. The smallest absolute Gasteiger partial charge is 0.407 e. The van der Waals surface area contributed by atoms with Gasteiger partial charge in [0.05, 0.1) is 10.8 Å². The van der Waals surface area contributed by atoms with Crippen LogP contribution in [0, 0.1) is 10.1 Å². The highest BCUT2D eigenvalue weighted by Crippen LogP contribution is 2.24. The van der Waals surface area contributed by atoms with Gasteiger partial charge in [-0.25, -0.2) is 4.79 Å². The van der Waals surface area contributed by atoms with Crippen molar-refractivity contribution < 1.29 is 19.2 Å². The molecule has 0 spiro atoms. The van der Waals surface area contributed by atoms with Crippen molar-refractivity contribution in [1.29, 1.82) is 0 Å². The van der Waals surface area contributed by atoms with Crippen LogP contribution in [0.2, 0.25) is 0 Å². The van der Waals surface area contributed by atoms with E-state index >= 15 is 0 Å². The molecule has 2 N–H and O–H groups in total. The second-order valence-corrected chi connectivity index (χ2v) is 8.72. The summed E-state index contributed by atoms with van der Waals surface area (Å²) in [6.07, 6.45) is -0.624. The first-order chi connectivity index (χ1) is 16.1. The number of nitro groups is 1. The zero-order valence-electron chi connectivity index (χ0n) is 19.3. The van der Waals surface area contributed by atoms with Crippen LogP contribution in [0.4, 0.5) is 16.2 Å². The van der Waals surface area contributed by atoms with Gasteiger partial charge in [-0.2, -0.15) is 0 Å². The summed E-state index contributed by atoms with van der Waals surface area (Å²) in [7, 11) is 0. The summed E-state index contributed by atoms with van der Waals surface area (Å²) < 4.78 is 5.29. The number of non-ortho nitro benzene ring substituents is 1. The van der Waals surface area contributed by atoms with Crippen molar-refractivity contribution in [3.05, 3.63) is 94.5 Å². The highest BCUT2D eigenvalue weighted by Gasteiger charge is 2.24. The van der Waals surface area contributed by atoms with Crippen LogP contribution in [-0.2, 0) is 9.53 Å². The molecule has 34 heavy (non-hydrogen) atoms. The molecule has 2 amide bonds. The average molecular weight is 462 g/mol. The fraction of sp³-hybridized carbons (Fsp3) is 0.231. The van der Waals surface area contributed by atoms with Crippen molar-refractivity contribution in [2.24, 2.45) is 0 Å². The van der Waals surface area contributed by atoms with Gasteiger partial charge in [-0.15, -0.1) is 0 Å². The molecule has 8 heteroatoms. The predicted octanol–water partition coefficient (Wildman–Crippen LogP) is 5.51. The summed E-state index contributed by atoms with van der Waals surface area (Å²) in [5.41, 5.74) is 2.43. The molecule has 176 valence electrons. The summed E-state index contributed by atoms with van der Waals surface area (Å²) >= 11 is 0. The van der Waals surface area contributed by atoms with Crippen LogP contribution in [0.3, 0.4) is 0 Å². The fourth-order valence-electron chi connectivity index (χ4n) is 3.30. The van der Waals surface area contributed by atoms with E-state index in [2.05, 4.69) is 10.6 Å². The van der Waals surface area contributed by atoms with Crippen LogP contribution >= 0.6 is 0 Å². The Morgan fingerprint density at radius 2 is 1.50 bits per heavy atom. The van der Waals surface area contributed by atoms with Gasteiger partial charge in [0.1, 0.15) is 5.60 Å². The molecule has 1 unspecified atom stereocenters. The summed E-state index contributed by atoms with van der Waals surface area (Å²) in [5, 5.41) is 16.3. The van der Waals surface area contributed by atoms with Gasteiger partial charge in [-0.1, -0.05) is 54.6 Å². The van der Waals surface area contributed by atoms with Crippen LogP contribution < -0.4 is 10.6 Å². The Hall–Kier alpha value is -4.20. The monoisotopic (exact) mass is 461 g/mol. The second kappa shape index (κ2) is 10.6. The minimum atomic E-state index is -0.715. The number of hydrogen-bond donors (Lipinski definition) is 2. The number of nitrogens with one attached hydrogen (secondary N) is 2. The topological polar surface area (TPSA) is 111 Å². The molecule has 0 saturated carbocycles. The molecule has 0 aliphatic heterocycles. The number of hydrogen-bond acceptors (Lipinski definition) is 5. The molecule has 0 aliphatic carbocycles. The van der Waals surface area contributed by atoms with Crippen molar-refractivity contribution >= 4 is 23.4 Å². The Morgan fingerprint density at radius 1 is 0.912 bits per heavy atom. The van der Waals surface area contributed by atoms with Gasteiger partial charge in [0.2, 0.25) is 5.91 Å². The molecule has 8 nitrogen and oxygen atoms in total. The number of rotatable bonds is 7. The Kier molecular flexibility index (Phi) is 7.63. The van der Waals surface area contributed by atoms with Gasteiger partial charge in [0.25, 0.3) is 5.69 Å². The van der Waals surface area contributed by atoms with Crippen molar-refractivity contribution in [3.8, 4) is 11.1 Å². The van der Waals surface area contributed by atoms with Crippen molar-refractivity contribution in [3.63, 3.8) is 0 Å². The van der Waals surface area contributed by atoms with E-state index in [0.29, 0.717) is 11.3 Å². The number of anilines is 1. The summed E-state index contributed by atoms with van der Waals surface area (Å²) in [6, 6.07) is 22.9. The third-order valence-corrected chi connectivity index (χ3v) is 4.93. The van der Waals surface area contributed by atoms with Crippen LogP contribution in [0.5, 0.6) is 0 Å². The number of ether oxygens (including phenoxy) is 1. The first-order valence-electron chi connectivity index (χ1n) is 10.8. The Balaban J connectivity index is 1.80. The highest BCUT2D eigenvalue weighted by molar-refractivity contribution is 5.96. The molecule has 0 heterocycles. The van der Waals surface area contributed by atoms with Crippen LogP contribution in [0.25, 0.3) is 11.1 Å². The zero-order valence-corrected chi connectivity index (χ0v) is 19.3. The Labute approximate surface area is 198 Å². The van der Waals surface area contributed by atoms with E-state index in [1.54, 1.807) is 20.8 Å². The maximum Gasteiger partial charge on any atom is 0.407 e. The maximum absolute atomic E-state index is 13.1. The van der Waals surface area contributed by atoms with E-state index < -0.39 is 22.5 Å². The molecule has 3 rings (SSSR count). The lowest BCUT2D eigenvalue weighted by Crippen LogP contribution is -2.37. The molecule has 0 fully saturated rings. The molecule has 1 atom stereocenters. The van der Waals surface area contributed by atoms with Crippen molar-refractivity contribution in [2.75, 3.05) is 11.9 Å². The molecular formula is C26H27N3O5. The molecular weight excluding hydrogens is 434 g/mol. The Morgan fingerprint density at radius 3 is 2.06 bits per heavy atom. The number of amides is 2. The van der Waals surface area contributed by atoms with E-state index in [4.69, 9.17) is 4.74 Å². The van der Waals surface area contributed by atoms with E-state index in [0.717, 1.165) is 11.1 Å². The van der Waals surface area contributed by atoms with E-state index in [9.17, 15) is 19.7 Å². The molecule has 0 aromatic heterocycles.